The van der Waals surface area contributed by atoms with Gasteiger partial charge < -0.3 is 10.1 Å². The molecular formula is C9H10N2O2. The molecule has 0 radical (unpaired) electrons. The fraction of sp³-hybridized carbons (Fsp3) is 0.333. The summed E-state index contributed by atoms with van der Waals surface area (Å²) < 4.78 is 5.08. The number of hydrogen-bond acceptors (Lipinski definition) is 3. The highest BCUT2D eigenvalue weighted by atomic mass is 16.5. The summed E-state index contributed by atoms with van der Waals surface area (Å²) in [5.41, 5.74) is 2.34. The molecule has 1 amide bonds. The van der Waals surface area contributed by atoms with Gasteiger partial charge in [0, 0.05) is 17.8 Å². The summed E-state index contributed by atoms with van der Waals surface area (Å²) in [6.45, 7) is 2.36. The van der Waals surface area contributed by atoms with E-state index >= 15 is 0 Å². The van der Waals surface area contributed by atoms with E-state index in [9.17, 15) is 4.79 Å². The summed E-state index contributed by atoms with van der Waals surface area (Å²) in [4.78, 5) is 15.5. The van der Waals surface area contributed by atoms with Crippen molar-refractivity contribution in [2.45, 2.75) is 13.5 Å². The molecule has 0 atom stereocenters. The Labute approximate surface area is 75.9 Å². The third-order valence-corrected chi connectivity index (χ3v) is 2.08. The summed E-state index contributed by atoms with van der Waals surface area (Å²) in [5.74, 6) is 0.507. The topological polar surface area (TPSA) is 51.2 Å². The van der Waals surface area contributed by atoms with Crippen molar-refractivity contribution in [2.24, 2.45) is 0 Å². The fourth-order valence-electron chi connectivity index (χ4n) is 1.48. The van der Waals surface area contributed by atoms with Gasteiger partial charge in [0.2, 0.25) is 5.88 Å². The van der Waals surface area contributed by atoms with Crippen molar-refractivity contribution in [3.05, 3.63) is 22.9 Å². The van der Waals surface area contributed by atoms with E-state index in [4.69, 9.17) is 4.74 Å². The Balaban J connectivity index is 2.63. The number of carbonyl (C=O) groups excluding carboxylic acids is 1. The van der Waals surface area contributed by atoms with Gasteiger partial charge in [-0.25, -0.2) is 4.98 Å². The highest BCUT2D eigenvalue weighted by Gasteiger charge is 2.23. The van der Waals surface area contributed by atoms with Crippen LogP contribution in [0.25, 0.3) is 0 Å². The number of hydrogen-bond donors (Lipinski definition) is 1. The molecule has 2 rings (SSSR count). The van der Waals surface area contributed by atoms with Crippen molar-refractivity contribution in [2.75, 3.05) is 7.11 Å². The van der Waals surface area contributed by atoms with Crippen LogP contribution >= 0.6 is 0 Å². The molecule has 1 aliphatic rings. The highest BCUT2D eigenvalue weighted by molar-refractivity contribution is 5.98. The molecule has 4 nitrogen and oxygen atoms in total. The number of pyridine rings is 1. The zero-order valence-electron chi connectivity index (χ0n) is 7.55. The Morgan fingerprint density at radius 2 is 2.38 bits per heavy atom. The van der Waals surface area contributed by atoms with Crippen molar-refractivity contribution >= 4 is 5.91 Å². The van der Waals surface area contributed by atoms with E-state index < -0.39 is 0 Å². The largest absolute Gasteiger partial charge is 0.481 e. The van der Waals surface area contributed by atoms with Crippen LogP contribution in [0.4, 0.5) is 0 Å². The van der Waals surface area contributed by atoms with Gasteiger partial charge >= 0.3 is 0 Å². The molecule has 1 aromatic rings. The van der Waals surface area contributed by atoms with Gasteiger partial charge in [-0.15, -0.1) is 0 Å². The molecule has 0 aromatic carbocycles. The minimum Gasteiger partial charge on any atom is -0.481 e. The summed E-state index contributed by atoms with van der Waals surface area (Å²) in [6, 6.07) is 1.78. The third-order valence-electron chi connectivity index (χ3n) is 2.08. The van der Waals surface area contributed by atoms with Crippen molar-refractivity contribution in [3.8, 4) is 5.88 Å². The average Bonchev–Trinajstić information content (AvgIpc) is 2.47. The number of aromatic nitrogens is 1. The zero-order valence-corrected chi connectivity index (χ0v) is 7.55. The lowest BCUT2D eigenvalue weighted by Crippen LogP contribution is -2.12. The Bertz CT molecular complexity index is 374. The number of amides is 1. The second kappa shape index (κ2) is 2.73. The summed E-state index contributed by atoms with van der Waals surface area (Å²) in [6.07, 6.45) is 0. The second-order valence-electron chi connectivity index (χ2n) is 2.98. The molecule has 13 heavy (non-hydrogen) atoms. The molecule has 0 saturated carbocycles. The number of nitrogens with zero attached hydrogens (tertiary/aromatic N) is 1. The van der Waals surface area contributed by atoms with Crippen LogP contribution in [0, 0.1) is 6.92 Å². The normalized spacial score (nSPS) is 13.8. The lowest BCUT2D eigenvalue weighted by Gasteiger charge is -2.04. The number of ether oxygens (including phenoxy) is 1. The minimum absolute atomic E-state index is 0.0428. The van der Waals surface area contributed by atoms with Gasteiger partial charge in [-0.1, -0.05) is 0 Å². The van der Waals surface area contributed by atoms with Gasteiger partial charge in [-0.2, -0.15) is 0 Å². The maximum atomic E-state index is 11.3. The van der Waals surface area contributed by atoms with E-state index in [0.29, 0.717) is 18.0 Å². The van der Waals surface area contributed by atoms with E-state index in [1.165, 1.54) is 0 Å². The molecule has 1 aliphatic heterocycles. The summed E-state index contributed by atoms with van der Waals surface area (Å²) in [5, 5.41) is 2.73. The standard InChI is InChI=1S/C9H10N2O2/c1-5-3-6-7(4-10-8(6)12)9(11-5)13-2/h3H,4H2,1-2H3,(H,10,12). The number of fused-ring (bicyclic) bond motifs is 1. The maximum Gasteiger partial charge on any atom is 0.252 e. The first kappa shape index (κ1) is 8.04. The first-order valence-corrected chi connectivity index (χ1v) is 4.05. The number of nitrogens with one attached hydrogen (secondary N) is 1. The van der Waals surface area contributed by atoms with Gasteiger partial charge in [0.15, 0.2) is 0 Å². The van der Waals surface area contributed by atoms with Crippen LogP contribution in [-0.4, -0.2) is 18.0 Å². The van der Waals surface area contributed by atoms with E-state index in [0.717, 1.165) is 11.3 Å². The molecule has 0 unspecified atom stereocenters. The molecule has 1 aromatic heterocycles. The van der Waals surface area contributed by atoms with E-state index in [1.807, 2.05) is 6.92 Å². The van der Waals surface area contributed by atoms with Crippen LogP contribution in [-0.2, 0) is 6.54 Å². The van der Waals surface area contributed by atoms with Crippen molar-refractivity contribution in [1.29, 1.82) is 0 Å². The van der Waals surface area contributed by atoms with E-state index in [-0.39, 0.29) is 5.91 Å². The number of methoxy groups -OCH3 is 1. The van der Waals surface area contributed by atoms with Gasteiger partial charge in [-0.05, 0) is 13.0 Å². The number of carbonyl (C=O) groups is 1. The van der Waals surface area contributed by atoms with Crippen LogP contribution in [0.1, 0.15) is 21.6 Å². The SMILES string of the molecule is COc1nc(C)cc2c1CNC2=O. The third kappa shape index (κ3) is 1.14. The Kier molecular flexibility index (Phi) is 1.69. The maximum absolute atomic E-state index is 11.3. The lowest BCUT2D eigenvalue weighted by atomic mass is 10.1. The lowest BCUT2D eigenvalue weighted by molar-refractivity contribution is 0.0965. The summed E-state index contributed by atoms with van der Waals surface area (Å²) >= 11 is 0. The molecule has 0 bridgehead atoms. The van der Waals surface area contributed by atoms with Gasteiger partial charge in [0.25, 0.3) is 5.91 Å². The van der Waals surface area contributed by atoms with Crippen molar-refractivity contribution < 1.29 is 9.53 Å². The van der Waals surface area contributed by atoms with Crippen LogP contribution in [0.15, 0.2) is 6.07 Å². The predicted octanol–water partition coefficient (Wildman–Crippen LogP) is 0.642. The fourth-order valence-corrected chi connectivity index (χ4v) is 1.48. The second-order valence-corrected chi connectivity index (χ2v) is 2.98. The Morgan fingerprint density at radius 3 is 3.08 bits per heavy atom. The van der Waals surface area contributed by atoms with Crippen LogP contribution in [0.5, 0.6) is 5.88 Å². The quantitative estimate of drug-likeness (QED) is 0.686. The smallest absolute Gasteiger partial charge is 0.252 e. The average molecular weight is 178 g/mol. The minimum atomic E-state index is -0.0428. The van der Waals surface area contributed by atoms with Crippen LogP contribution < -0.4 is 10.1 Å². The highest BCUT2D eigenvalue weighted by Crippen LogP contribution is 2.24. The monoisotopic (exact) mass is 178 g/mol. The van der Waals surface area contributed by atoms with Crippen molar-refractivity contribution in [3.63, 3.8) is 0 Å². The van der Waals surface area contributed by atoms with Gasteiger partial charge in [0.05, 0.1) is 12.7 Å². The van der Waals surface area contributed by atoms with E-state index in [2.05, 4.69) is 10.3 Å². The molecule has 2 heterocycles. The molecule has 0 fully saturated rings. The van der Waals surface area contributed by atoms with E-state index in [1.54, 1.807) is 13.2 Å². The van der Waals surface area contributed by atoms with Crippen LogP contribution in [0.2, 0.25) is 0 Å². The molecule has 68 valence electrons. The molecule has 4 heteroatoms. The predicted molar refractivity (Wildman–Crippen MR) is 46.7 cm³/mol. The first-order valence-electron chi connectivity index (χ1n) is 4.05. The number of rotatable bonds is 1. The zero-order chi connectivity index (χ0) is 9.42. The molecule has 0 saturated heterocycles. The molecular weight excluding hydrogens is 168 g/mol. The Hall–Kier alpha value is -1.58. The van der Waals surface area contributed by atoms with Crippen molar-refractivity contribution in [1.82, 2.24) is 10.3 Å². The van der Waals surface area contributed by atoms with Gasteiger partial charge in [-0.3, -0.25) is 4.79 Å². The summed E-state index contributed by atoms with van der Waals surface area (Å²) in [7, 11) is 1.56. The molecule has 0 spiro atoms. The molecule has 1 N–H and O–H groups in total. The Morgan fingerprint density at radius 1 is 1.62 bits per heavy atom. The first-order chi connectivity index (χ1) is 6.22. The van der Waals surface area contributed by atoms with Crippen LogP contribution in [0.3, 0.4) is 0 Å². The molecule has 0 aliphatic carbocycles. The number of aryl methyl sites for hydroxylation is 1. The van der Waals surface area contributed by atoms with Gasteiger partial charge in [0.1, 0.15) is 0 Å².